The molecule has 3 N–H and O–H groups in total. The molecule has 1 aromatic carbocycles. The average Bonchev–Trinajstić information content (AvgIpc) is 2.37. The van der Waals surface area contributed by atoms with Gasteiger partial charge in [0.2, 0.25) is 15.9 Å². The van der Waals surface area contributed by atoms with Crippen LogP contribution in [0.4, 0.5) is 5.69 Å². The molecule has 0 spiro atoms. The third-order valence-electron chi connectivity index (χ3n) is 3.05. The van der Waals surface area contributed by atoms with Crippen LogP contribution >= 0.6 is 15.9 Å². The quantitative estimate of drug-likeness (QED) is 0.727. The summed E-state index contributed by atoms with van der Waals surface area (Å²) in [6.45, 7) is 1.23. The molecule has 1 aliphatic rings. The molecule has 0 fully saturated rings. The van der Waals surface area contributed by atoms with E-state index in [1.54, 1.807) is 6.07 Å². The minimum atomic E-state index is -4.02. The maximum Gasteiger partial charge on any atom is 0.321 e. The Hall–Kier alpha value is -1.45. The standard InChI is InChI=1S/C12H13BrN2O5S/c1-6(12(17)18)15-21(19,20)10-5-9-7(4-8(10)13)2-3-11(16)14-9/h4-6,15H,2-3H2,1H3,(H,14,16)(H,17,18)/t6-/m0/s1. The van der Waals surface area contributed by atoms with Crippen molar-refractivity contribution < 1.29 is 23.1 Å². The third-order valence-corrected chi connectivity index (χ3v) is 5.54. The molecule has 1 aliphatic heterocycles. The number of carboxylic acids is 1. The lowest BCUT2D eigenvalue weighted by atomic mass is 10.0. The van der Waals surface area contributed by atoms with Crippen molar-refractivity contribution in [2.75, 3.05) is 5.32 Å². The predicted molar refractivity (Wildman–Crippen MR) is 78.5 cm³/mol. The highest BCUT2D eigenvalue weighted by Gasteiger charge is 2.26. The van der Waals surface area contributed by atoms with Gasteiger partial charge in [-0.05, 0) is 47.0 Å². The van der Waals surface area contributed by atoms with E-state index in [9.17, 15) is 18.0 Å². The lowest BCUT2D eigenvalue weighted by molar-refractivity contribution is -0.138. The number of hydrogen-bond donors (Lipinski definition) is 3. The topological polar surface area (TPSA) is 113 Å². The largest absolute Gasteiger partial charge is 0.480 e. The van der Waals surface area contributed by atoms with Gasteiger partial charge in [0.25, 0.3) is 0 Å². The second-order valence-corrected chi connectivity index (χ2v) is 7.21. The summed E-state index contributed by atoms with van der Waals surface area (Å²) in [5.74, 6) is -1.46. The highest BCUT2D eigenvalue weighted by molar-refractivity contribution is 9.10. The van der Waals surface area contributed by atoms with E-state index < -0.39 is 22.0 Å². The zero-order chi connectivity index (χ0) is 15.8. The fraction of sp³-hybridized carbons (Fsp3) is 0.333. The zero-order valence-corrected chi connectivity index (χ0v) is 13.4. The number of nitrogens with one attached hydrogen (secondary N) is 2. The van der Waals surface area contributed by atoms with Gasteiger partial charge in [-0.1, -0.05) is 0 Å². The number of aryl methyl sites for hydroxylation is 1. The maximum absolute atomic E-state index is 12.2. The molecule has 0 saturated heterocycles. The fourth-order valence-corrected chi connectivity index (χ4v) is 4.24. The van der Waals surface area contributed by atoms with E-state index >= 15 is 0 Å². The van der Waals surface area contributed by atoms with E-state index in [4.69, 9.17) is 5.11 Å². The SMILES string of the molecule is C[C@H](NS(=O)(=O)c1cc2c(cc1Br)CCC(=O)N2)C(=O)O. The van der Waals surface area contributed by atoms with Crippen LogP contribution in [0, 0.1) is 0 Å². The number of fused-ring (bicyclic) bond motifs is 1. The first kappa shape index (κ1) is 15.9. The second-order valence-electron chi connectivity index (χ2n) is 4.67. The summed E-state index contributed by atoms with van der Waals surface area (Å²) in [6.07, 6.45) is 0.874. The Morgan fingerprint density at radius 2 is 2.10 bits per heavy atom. The number of rotatable bonds is 4. The van der Waals surface area contributed by atoms with Gasteiger partial charge in [0.15, 0.2) is 0 Å². The highest BCUT2D eigenvalue weighted by Crippen LogP contribution is 2.32. The number of aliphatic carboxylic acids is 1. The Morgan fingerprint density at radius 1 is 1.43 bits per heavy atom. The summed E-state index contributed by atoms with van der Waals surface area (Å²) in [6, 6.07) is 1.69. The molecule has 9 heteroatoms. The molecule has 1 atom stereocenters. The molecule has 0 bridgehead atoms. The smallest absolute Gasteiger partial charge is 0.321 e. The van der Waals surface area contributed by atoms with Crippen molar-refractivity contribution in [3.05, 3.63) is 22.2 Å². The van der Waals surface area contributed by atoms with Gasteiger partial charge in [0.05, 0.1) is 4.90 Å². The van der Waals surface area contributed by atoms with Crippen molar-refractivity contribution in [2.24, 2.45) is 0 Å². The van der Waals surface area contributed by atoms with E-state index in [1.807, 2.05) is 0 Å². The van der Waals surface area contributed by atoms with Crippen LogP contribution < -0.4 is 10.0 Å². The Labute approximate surface area is 129 Å². The first-order valence-corrected chi connectivity index (χ1v) is 8.36. The normalized spacial score (nSPS) is 16.0. The lowest BCUT2D eigenvalue weighted by Gasteiger charge is -2.19. The molecule has 1 aromatic rings. The van der Waals surface area contributed by atoms with Crippen molar-refractivity contribution in [2.45, 2.75) is 30.7 Å². The van der Waals surface area contributed by atoms with Crippen molar-refractivity contribution in [1.29, 1.82) is 0 Å². The van der Waals surface area contributed by atoms with Gasteiger partial charge in [-0.2, -0.15) is 4.72 Å². The lowest BCUT2D eigenvalue weighted by Crippen LogP contribution is -2.38. The van der Waals surface area contributed by atoms with Crippen LogP contribution in [0.25, 0.3) is 0 Å². The molecule has 0 unspecified atom stereocenters. The molecule has 1 amide bonds. The minimum Gasteiger partial charge on any atom is -0.480 e. The van der Waals surface area contributed by atoms with Gasteiger partial charge in [0, 0.05) is 16.6 Å². The van der Waals surface area contributed by atoms with Crippen LogP contribution in [0.3, 0.4) is 0 Å². The summed E-state index contributed by atoms with van der Waals surface area (Å²) in [5.41, 5.74) is 1.25. The van der Waals surface area contributed by atoms with E-state index in [0.29, 0.717) is 23.0 Å². The van der Waals surface area contributed by atoms with Crippen LogP contribution in [0.5, 0.6) is 0 Å². The summed E-state index contributed by atoms with van der Waals surface area (Å²) in [7, 11) is -4.02. The Morgan fingerprint density at radius 3 is 2.71 bits per heavy atom. The molecular formula is C12H13BrN2O5S. The van der Waals surface area contributed by atoms with Gasteiger partial charge in [-0.3, -0.25) is 9.59 Å². The summed E-state index contributed by atoms with van der Waals surface area (Å²) in [5, 5.41) is 11.4. The number of hydrogen-bond acceptors (Lipinski definition) is 4. The number of halogens is 1. The Kier molecular flexibility index (Phi) is 4.35. The molecule has 0 aliphatic carbocycles. The summed E-state index contributed by atoms with van der Waals surface area (Å²) in [4.78, 5) is 22.0. The zero-order valence-electron chi connectivity index (χ0n) is 11.0. The van der Waals surface area contributed by atoms with Crippen molar-refractivity contribution in [3.63, 3.8) is 0 Å². The first-order chi connectivity index (χ1) is 9.70. The molecule has 1 heterocycles. The Bertz CT molecular complexity index is 717. The number of anilines is 1. The number of benzene rings is 1. The van der Waals surface area contributed by atoms with Gasteiger partial charge < -0.3 is 10.4 Å². The van der Waals surface area contributed by atoms with E-state index in [2.05, 4.69) is 26.0 Å². The average molecular weight is 377 g/mol. The van der Waals surface area contributed by atoms with Crippen molar-refractivity contribution in [1.82, 2.24) is 4.72 Å². The number of carboxylic acid groups (broad SMARTS) is 1. The molecule has 21 heavy (non-hydrogen) atoms. The van der Waals surface area contributed by atoms with Crippen LogP contribution in [-0.4, -0.2) is 31.4 Å². The molecular weight excluding hydrogens is 364 g/mol. The summed E-state index contributed by atoms with van der Waals surface area (Å²) < 4.78 is 26.8. The first-order valence-electron chi connectivity index (χ1n) is 6.08. The molecule has 0 aromatic heterocycles. The van der Waals surface area contributed by atoms with Crippen molar-refractivity contribution >= 4 is 43.5 Å². The van der Waals surface area contributed by atoms with E-state index in [-0.39, 0.29) is 10.8 Å². The van der Waals surface area contributed by atoms with Crippen LogP contribution in [0.1, 0.15) is 18.9 Å². The molecule has 114 valence electrons. The van der Waals surface area contributed by atoms with E-state index in [1.165, 1.54) is 13.0 Å². The molecule has 0 saturated carbocycles. The summed E-state index contributed by atoms with van der Waals surface area (Å²) >= 11 is 3.17. The number of carbonyl (C=O) groups is 2. The number of sulfonamides is 1. The predicted octanol–water partition coefficient (Wildman–Crippen LogP) is 1.09. The monoisotopic (exact) mass is 376 g/mol. The van der Waals surface area contributed by atoms with Crippen molar-refractivity contribution in [3.8, 4) is 0 Å². The third kappa shape index (κ3) is 3.42. The van der Waals surface area contributed by atoms with E-state index in [0.717, 1.165) is 5.56 Å². The van der Waals surface area contributed by atoms with Crippen LogP contribution in [0.15, 0.2) is 21.5 Å². The highest BCUT2D eigenvalue weighted by atomic mass is 79.9. The molecule has 7 nitrogen and oxygen atoms in total. The maximum atomic E-state index is 12.2. The molecule has 2 rings (SSSR count). The Balaban J connectivity index is 2.42. The van der Waals surface area contributed by atoms with Gasteiger partial charge in [0.1, 0.15) is 6.04 Å². The minimum absolute atomic E-state index is 0.114. The van der Waals surface area contributed by atoms with Gasteiger partial charge in [-0.15, -0.1) is 0 Å². The number of amides is 1. The fourth-order valence-electron chi connectivity index (χ4n) is 1.93. The van der Waals surface area contributed by atoms with Crippen LogP contribution in [-0.2, 0) is 26.0 Å². The van der Waals surface area contributed by atoms with Gasteiger partial charge >= 0.3 is 5.97 Å². The number of carbonyl (C=O) groups excluding carboxylic acids is 1. The molecule has 0 radical (unpaired) electrons. The van der Waals surface area contributed by atoms with Crippen LogP contribution in [0.2, 0.25) is 0 Å². The van der Waals surface area contributed by atoms with Gasteiger partial charge in [-0.25, -0.2) is 8.42 Å². The second kappa shape index (κ2) is 5.74.